The summed E-state index contributed by atoms with van der Waals surface area (Å²) in [5.74, 6) is 1.52. The standard InChI is InChI=1S/C24H30N4OS/c1-16-8-9-19-20(14-16)30-24-21(19)23(29)25-22(26-24)17(2)28-12-10-27(11-13-28)15-18-6-4-3-5-7-18/h3-7,16-17H,8-15H2,1-2H3,(H,25,26,29). The molecule has 0 radical (unpaired) electrons. The molecule has 1 saturated heterocycles. The van der Waals surface area contributed by atoms with E-state index in [0.29, 0.717) is 5.92 Å². The Morgan fingerprint density at radius 3 is 2.73 bits per heavy atom. The second-order valence-corrected chi connectivity index (χ2v) is 10.0. The third-order valence-electron chi connectivity index (χ3n) is 6.78. The minimum absolute atomic E-state index is 0.0524. The van der Waals surface area contributed by atoms with Gasteiger partial charge in [-0.3, -0.25) is 14.6 Å². The summed E-state index contributed by atoms with van der Waals surface area (Å²) < 4.78 is 0. The third-order valence-corrected chi connectivity index (χ3v) is 7.93. The number of aromatic amines is 1. The molecular formula is C24H30N4OS. The number of aromatic nitrogens is 2. The molecule has 0 saturated carbocycles. The summed E-state index contributed by atoms with van der Waals surface area (Å²) in [6.07, 6.45) is 3.27. The zero-order valence-electron chi connectivity index (χ0n) is 17.9. The van der Waals surface area contributed by atoms with Gasteiger partial charge in [-0.05, 0) is 43.2 Å². The molecule has 6 heteroatoms. The smallest absolute Gasteiger partial charge is 0.259 e. The van der Waals surface area contributed by atoms with E-state index in [9.17, 15) is 4.79 Å². The zero-order valence-corrected chi connectivity index (χ0v) is 18.7. The van der Waals surface area contributed by atoms with Crippen LogP contribution in [0, 0.1) is 5.92 Å². The molecule has 1 aromatic carbocycles. The van der Waals surface area contributed by atoms with Gasteiger partial charge in [-0.25, -0.2) is 4.98 Å². The van der Waals surface area contributed by atoms with Gasteiger partial charge < -0.3 is 4.98 Å². The molecule has 2 aromatic heterocycles. The first-order chi connectivity index (χ1) is 14.6. The van der Waals surface area contributed by atoms with Crippen LogP contribution in [0.25, 0.3) is 10.2 Å². The van der Waals surface area contributed by atoms with E-state index in [0.717, 1.165) is 61.6 Å². The van der Waals surface area contributed by atoms with Gasteiger partial charge in [0.15, 0.2) is 0 Å². The Bertz CT molecular complexity index is 1080. The van der Waals surface area contributed by atoms with Crippen LogP contribution in [0.5, 0.6) is 0 Å². The molecule has 1 aliphatic heterocycles. The van der Waals surface area contributed by atoms with Crippen molar-refractivity contribution in [2.75, 3.05) is 26.2 Å². The monoisotopic (exact) mass is 422 g/mol. The summed E-state index contributed by atoms with van der Waals surface area (Å²) >= 11 is 1.74. The minimum atomic E-state index is 0.0524. The molecule has 3 aromatic rings. The topological polar surface area (TPSA) is 52.2 Å². The number of hydrogen-bond acceptors (Lipinski definition) is 5. The molecule has 2 aliphatic rings. The Balaban J connectivity index is 1.30. The van der Waals surface area contributed by atoms with Gasteiger partial charge in [0, 0.05) is 37.6 Å². The van der Waals surface area contributed by atoms with Gasteiger partial charge in [0.05, 0.1) is 11.4 Å². The second-order valence-electron chi connectivity index (χ2n) is 8.96. The third kappa shape index (κ3) is 3.84. The van der Waals surface area contributed by atoms with Crippen LogP contribution in [0.2, 0.25) is 0 Å². The first kappa shape index (κ1) is 19.9. The number of piperazine rings is 1. The van der Waals surface area contributed by atoms with Gasteiger partial charge in [0.2, 0.25) is 0 Å². The molecule has 5 nitrogen and oxygen atoms in total. The predicted octanol–water partition coefficient (Wildman–Crippen LogP) is 3.99. The van der Waals surface area contributed by atoms with Gasteiger partial charge in [0.1, 0.15) is 10.7 Å². The first-order valence-corrected chi connectivity index (χ1v) is 11.9. The Kier molecular flexibility index (Phi) is 5.48. The van der Waals surface area contributed by atoms with Crippen molar-refractivity contribution in [2.45, 2.75) is 45.7 Å². The molecule has 30 heavy (non-hydrogen) atoms. The molecular weight excluding hydrogens is 392 g/mol. The molecule has 2 unspecified atom stereocenters. The van der Waals surface area contributed by atoms with Crippen molar-refractivity contribution in [3.05, 3.63) is 62.5 Å². The molecule has 0 spiro atoms. The number of thiophene rings is 1. The summed E-state index contributed by atoms with van der Waals surface area (Å²) in [7, 11) is 0. The molecule has 2 atom stereocenters. The van der Waals surface area contributed by atoms with Gasteiger partial charge in [-0.15, -0.1) is 11.3 Å². The van der Waals surface area contributed by atoms with Crippen LogP contribution in [-0.4, -0.2) is 45.9 Å². The fourth-order valence-electron chi connectivity index (χ4n) is 4.89. The molecule has 158 valence electrons. The summed E-state index contributed by atoms with van der Waals surface area (Å²) in [5.41, 5.74) is 2.68. The highest BCUT2D eigenvalue weighted by Gasteiger charge is 2.26. The highest BCUT2D eigenvalue weighted by Crippen LogP contribution is 2.36. The number of hydrogen-bond donors (Lipinski definition) is 1. The van der Waals surface area contributed by atoms with Crippen molar-refractivity contribution >= 4 is 21.6 Å². The maximum absolute atomic E-state index is 12.9. The van der Waals surface area contributed by atoms with Crippen molar-refractivity contribution in [2.24, 2.45) is 5.92 Å². The van der Waals surface area contributed by atoms with Crippen LogP contribution in [0.15, 0.2) is 35.1 Å². The summed E-state index contributed by atoms with van der Waals surface area (Å²) in [6, 6.07) is 10.8. The number of fused-ring (bicyclic) bond motifs is 3. The van der Waals surface area contributed by atoms with Crippen LogP contribution >= 0.6 is 11.3 Å². The average molecular weight is 423 g/mol. The predicted molar refractivity (Wildman–Crippen MR) is 123 cm³/mol. The maximum atomic E-state index is 12.9. The molecule has 0 bridgehead atoms. The van der Waals surface area contributed by atoms with Crippen LogP contribution in [-0.2, 0) is 19.4 Å². The normalized spacial score (nSPS) is 21.6. The van der Waals surface area contributed by atoms with Crippen molar-refractivity contribution in [3.8, 4) is 0 Å². The number of H-pyrrole nitrogens is 1. The van der Waals surface area contributed by atoms with Crippen LogP contribution < -0.4 is 5.56 Å². The maximum Gasteiger partial charge on any atom is 0.259 e. The lowest BCUT2D eigenvalue weighted by atomic mass is 9.89. The van der Waals surface area contributed by atoms with Crippen molar-refractivity contribution in [1.82, 2.24) is 19.8 Å². The van der Waals surface area contributed by atoms with E-state index in [1.165, 1.54) is 22.4 Å². The molecule has 3 heterocycles. The Hall–Kier alpha value is -2.02. The van der Waals surface area contributed by atoms with E-state index in [-0.39, 0.29) is 11.6 Å². The second kappa shape index (κ2) is 8.25. The first-order valence-electron chi connectivity index (χ1n) is 11.1. The lowest BCUT2D eigenvalue weighted by Crippen LogP contribution is -2.47. The molecule has 1 fully saturated rings. The van der Waals surface area contributed by atoms with E-state index in [1.54, 1.807) is 11.3 Å². The number of rotatable bonds is 4. The highest BCUT2D eigenvalue weighted by atomic mass is 32.1. The molecule has 0 amide bonds. The van der Waals surface area contributed by atoms with E-state index >= 15 is 0 Å². The van der Waals surface area contributed by atoms with Gasteiger partial charge in [-0.1, -0.05) is 37.3 Å². The Morgan fingerprint density at radius 1 is 1.20 bits per heavy atom. The van der Waals surface area contributed by atoms with Gasteiger partial charge >= 0.3 is 0 Å². The average Bonchev–Trinajstić information content (AvgIpc) is 3.12. The van der Waals surface area contributed by atoms with Crippen LogP contribution in [0.1, 0.15) is 48.1 Å². The highest BCUT2D eigenvalue weighted by molar-refractivity contribution is 7.18. The van der Waals surface area contributed by atoms with Gasteiger partial charge in [-0.2, -0.15) is 0 Å². The van der Waals surface area contributed by atoms with Crippen LogP contribution in [0.4, 0.5) is 0 Å². The van der Waals surface area contributed by atoms with Gasteiger partial charge in [0.25, 0.3) is 5.56 Å². The number of nitrogens with zero attached hydrogens (tertiary/aromatic N) is 3. The quantitative estimate of drug-likeness (QED) is 0.691. The van der Waals surface area contributed by atoms with E-state index in [2.05, 4.69) is 59.0 Å². The number of nitrogens with one attached hydrogen (secondary N) is 1. The molecule has 1 N–H and O–H groups in total. The van der Waals surface area contributed by atoms with Crippen molar-refractivity contribution < 1.29 is 0 Å². The largest absolute Gasteiger partial charge is 0.309 e. The Morgan fingerprint density at radius 2 is 1.97 bits per heavy atom. The van der Waals surface area contributed by atoms with Crippen LogP contribution in [0.3, 0.4) is 0 Å². The fourth-order valence-corrected chi connectivity index (χ4v) is 6.28. The lowest BCUT2D eigenvalue weighted by Gasteiger charge is -2.37. The summed E-state index contributed by atoms with van der Waals surface area (Å²) in [6.45, 7) is 9.54. The van der Waals surface area contributed by atoms with E-state index < -0.39 is 0 Å². The summed E-state index contributed by atoms with van der Waals surface area (Å²) in [5, 5.41) is 0.852. The number of benzene rings is 1. The Labute approximate surface area is 181 Å². The zero-order chi connectivity index (χ0) is 20.7. The number of aryl methyl sites for hydroxylation is 1. The molecule has 5 rings (SSSR count). The van der Waals surface area contributed by atoms with Crippen molar-refractivity contribution in [3.63, 3.8) is 0 Å². The fraction of sp³-hybridized carbons (Fsp3) is 0.500. The molecule has 1 aliphatic carbocycles. The SMILES string of the molecule is CC1CCc2c(sc3nc(C(C)N4CCN(Cc5ccccc5)CC4)[nH]c(=O)c23)C1. The summed E-state index contributed by atoms with van der Waals surface area (Å²) in [4.78, 5) is 28.3. The minimum Gasteiger partial charge on any atom is -0.309 e. The lowest BCUT2D eigenvalue weighted by molar-refractivity contribution is 0.0948. The van der Waals surface area contributed by atoms with E-state index in [1.807, 2.05) is 0 Å². The van der Waals surface area contributed by atoms with Crippen molar-refractivity contribution in [1.29, 1.82) is 0 Å². The van der Waals surface area contributed by atoms with E-state index in [4.69, 9.17) is 4.98 Å².